The molecule has 0 spiro atoms. The van der Waals surface area contributed by atoms with E-state index in [1.807, 2.05) is 0 Å². The minimum Gasteiger partial charge on any atom is -0.311 e. The van der Waals surface area contributed by atoms with Crippen LogP contribution < -0.4 is 31.1 Å². The molecule has 448 valence electrons. The second kappa shape index (κ2) is 19.1. The van der Waals surface area contributed by atoms with Crippen LogP contribution in [-0.2, 0) is 48.7 Å². The van der Waals surface area contributed by atoms with Crippen LogP contribution in [0.25, 0.3) is 11.1 Å². The summed E-state index contributed by atoms with van der Waals surface area (Å²) in [6.07, 6.45) is 4.65. The highest BCUT2D eigenvalue weighted by Gasteiger charge is 2.49. The van der Waals surface area contributed by atoms with Crippen LogP contribution in [-0.4, -0.2) is 6.71 Å². The van der Waals surface area contributed by atoms with Crippen molar-refractivity contribution >= 4 is 74.3 Å². The molecule has 0 atom stereocenters. The molecule has 13 rings (SSSR count). The first-order valence-electron chi connectivity index (χ1n) is 33.0. The Balaban J connectivity index is 1.17. The van der Waals surface area contributed by atoms with Crippen LogP contribution in [0, 0.1) is 0 Å². The zero-order valence-electron chi connectivity index (χ0n) is 57.1. The minimum atomic E-state index is -0.183. The number of anilines is 9. The molecule has 0 saturated carbocycles. The summed E-state index contributed by atoms with van der Waals surface area (Å²) in [4.78, 5) is 8.01. The van der Waals surface area contributed by atoms with Crippen LogP contribution >= 0.6 is 0 Å². The van der Waals surface area contributed by atoms with Crippen molar-refractivity contribution in [2.24, 2.45) is 0 Å². The maximum atomic E-state index is 2.75. The van der Waals surface area contributed by atoms with E-state index in [9.17, 15) is 0 Å². The fourth-order valence-corrected chi connectivity index (χ4v) is 16.2. The van der Waals surface area contributed by atoms with E-state index in [1.165, 1.54) is 124 Å². The average molecular weight is 1150 g/mol. The van der Waals surface area contributed by atoms with Gasteiger partial charge < -0.3 is 14.7 Å². The Morgan fingerprint density at radius 1 is 0.356 bits per heavy atom. The third kappa shape index (κ3) is 9.40. The molecule has 0 N–H and O–H groups in total. The predicted molar refractivity (Wildman–Crippen MR) is 378 cm³/mol. The molecule has 2 aliphatic heterocycles. The zero-order valence-corrected chi connectivity index (χ0v) is 57.1. The molecule has 4 heteroatoms. The summed E-state index contributed by atoms with van der Waals surface area (Å²) < 4.78 is 0. The van der Waals surface area contributed by atoms with E-state index < -0.39 is 0 Å². The molecule has 8 aromatic carbocycles. The summed E-state index contributed by atoms with van der Waals surface area (Å²) in [5, 5.41) is 0. The van der Waals surface area contributed by atoms with E-state index in [0.29, 0.717) is 0 Å². The van der Waals surface area contributed by atoms with Crippen LogP contribution in [0.15, 0.2) is 146 Å². The number of nitrogens with zero attached hydrogens (tertiary/aromatic N) is 3. The van der Waals surface area contributed by atoms with Crippen molar-refractivity contribution in [1.29, 1.82) is 0 Å². The first kappa shape index (κ1) is 59.2. The quantitative estimate of drug-likeness (QED) is 0.159. The molecule has 0 radical (unpaired) electrons. The molecule has 0 amide bonds. The van der Waals surface area contributed by atoms with Gasteiger partial charge in [0.1, 0.15) is 0 Å². The highest BCUT2D eigenvalue weighted by Crippen LogP contribution is 2.57. The third-order valence-electron chi connectivity index (χ3n) is 21.9. The van der Waals surface area contributed by atoms with Gasteiger partial charge in [-0.15, -0.1) is 0 Å². The van der Waals surface area contributed by atoms with Gasteiger partial charge in [-0.2, -0.15) is 0 Å². The molecule has 0 bridgehead atoms. The summed E-state index contributed by atoms with van der Waals surface area (Å²) in [7, 11) is 0. The van der Waals surface area contributed by atoms with E-state index >= 15 is 0 Å². The van der Waals surface area contributed by atoms with E-state index in [-0.39, 0.29) is 55.4 Å². The van der Waals surface area contributed by atoms with E-state index in [1.54, 1.807) is 0 Å². The molecule has 3 nitrogen and oxygen atoms in total. The summed E-state index contributed by atoms with van der Waals surface area (Å²) in [6, 6.07) is 59.1. The molecular formula is C83H98BN3. The molecule has 2 heterocycles. The van der Waals surface area contributed by atoms with Gasteiger partial charge in [-0.05, 0) is 231 Å². The van der Waals surface area contributed by atoms with E-state index in [2.05, 4.69) is 313 Å². The highest BCUT2D eigenvalue weighted by atomic mass is 15.2. The van der Waals surface area contributed by atoms with Crippen LogP contribution in [0.3, 0.4) is 0 Å². The second-order valence-corrected chi connectivity index (χ2v) is 34.5. The van der Waals surface area contributed by atoms with E-state index in [4.69, 9.17) is 0 Å². The first-order chi connectivity index (χ1) is 40.4. The van der Waals surface area contributed by atoms with Crippen molar-refractivity contribution in [1.82, 2.24) is 0 Å². The molecule has 0 fully saturated rings. The van der Waals surface area contributed by atoms with Crippen LogP contribution in [0.2, 0.25) is 0 Å². The lowest BCUT2D eigenvalue weighted by atomic mass is 9.33. The van der Waals surface area contributed by atoms with Gasteiger partial charge in [0.2, 0.25) is 0 Å². The summed E-state index contributed by atoms with van der Waals surface area (Å²) >= 11 is 0. The lowest BCUT2D eigenvalue weighted by Gasteiger charge is -2.48. The summed E-state index contributed by atoms with van der Waals surface area (Å²) in [5.41, 5.74) is 31.6. The SMILES string of the molecule is CC(C)(C)c1ccc(N(c2ccc(C(C)(C)C)cc2)c2ccc3c(c2)N(c2cc4c(c(C(C)(C)C)c2)C(C)(C)c2ccccc2-4)c2cc(C(C)(C)C)cc4c2B3c2cc3c(cc2N4c2ccc4c(c2)C(C)(C)CCC4(C)C)C(C)(C)CCC3(C)C)cc1. The van der Waals surface area contributed by atoms with Gasteiger partial charge in [0.25, 0.3) is 6.71 Å². The monoisotopic (exact) mass is 1150 g/mol. The number of benzene rings is 8. The lowest BCUT2D eigenvalue weighted by molar-refractivity contribution is 0.332. The highest BCUT2D eigenvalue weighted by molar-refractivity contribution is 7.00. The Labute approximate surface area is 525 Å². The number of fused-ring (bicyclic) bond motifs is 9. The standard InChI is InChI=1S/C83H98BN3/c1-75(2,3)51-27-31-54(32-28-51)85(55-33-29-52(30-34-55)76(4,5)6)57-36-38-67-69(48-57)87(58-45-60-59-25-23-24-26-61(59)83(21,22)73(60)66(47-58)78(10,11)12)72-44-53(77(7,8)9)43-71-74(72)84(67)68-49-64-65(82(19,20)42-41-81(64,17)18)50-70(68)86(71)56-35-37-62-63(46-56)80(15,16)40-39-79(62,13)14/h23-38,43-50H,39-42H2,1-22H3. The number of hydrogen-bond donors (Lipinski definition) is 0. The molecule has 8 aromatic rings. The van der Waals surface area contributed by atoms with Gasteiger partial charge in [-0.3, -0.25) is 0 Å². The topological polar surface area (TPSA) is 9.72 Å². The van der Waals surface area contributed by atoms with Crippen molar-refractivity contribution in [3.63, 3.8) is 0 Å². The van der Waals surface area contributed by atoms with Gasteiger partial charge >= 0.3 is 0 Å². The Bertz CT molecular complexity index is 4060. The maximum Gasteiger partial charge on any atom is 0.252 e. The normalized spacial score (nSPS) is 18.2. The second-order valence-electron chi connectivity index (χ2n) is 34.5. The van der Waals surface area contributed by atoms with Crippen molar-refractivity contribution in [2.45, 2.75) is 227 Å². The minimum absolute atomic E-state index is 0.00213. The van der Waals surface area contributed by atoms with Crippen molar-refractivity contribution in [2.75, 3.05) is 14.7 Å². The van der Waals surface area contributed by atoms with Crippen molar-refractivity contribution in [3.05, 3.63) is 201 Å². The summed E-state index contributed by atoms with van der Waals surface area (Å²) in [5.74, 6) is 0. The molecule has 0 aromatic heterocycles. The fraction of sp³-hybridized carbons (Fsp3) is 0.422. The van der Waals surface area contributed by atoms with Gasteiger partial charge in [0.05, 0.1) is 0 Å². The number of rotatable bonds is 5. The van der Waals surface area contributed by atoms with Crippen LogP contribution in [0.1, 0.15) is 234 Å². The molecule has 3 aliphatic carbocycles. The molecule has 5 aliphatic rings. The Morgan fingerprint density at radius 3 is 1.36 bits per heavy atom. The molecule has 0 saturated heterocycles. The van der Waals surface area contributed by atoms with Crippen LogP contribution in [0.4, 0.5) is 51.2 Å². The average Bonchev–Trinajstić information content (AvgIpc) is 1.18. The smallest absolute Gasteiger partial charge is 0.252 e. The number of hydrogen-bond acceptors (Lipinski definition) is 3. The zero-order chi connectivity index (χ0) is 62.5. The lowest BCUT2D eigenvalue weighted by Crippen LogP contribution is -2.62. The van der Waals surface area contributed by atoms with Gasteiger partial charge in [0.15, 0.2) is 0 Å². The fourth-order valence-electron chi connectivity index (χ4n) is 16.2. The van der Waals surface area contributed by atoms with Gasteiger partial charge in [-0.1, -0.05) is 219 Å². The van der Waals surface area contributed by atoms with Crippen molar-refractivity contribution < 1.29 is 0 Å². The van der Waals surface area contributed by atoms with E-state index in [0.717, 1.165) is 36.3 Å². The maximum absolute atomic E-state index is 2.75. The molecule has 87 heavy (non-hydrogen) atoms. The van der Waals surface area contributed by atoms with Crippen molar-refractivity contribution in [3.8, 4) is 11.1 Å². The Hall–Kier alpha value is -6.78. The molecular weight excluding hydrogens is 1050 g/mol. The van der Waals surface area contributed by atoms with Gasteiger partial charge in [0, 0.05) is 56.6 Å². The first-order valence-corrected chi connectivity index (χ1v) is 33.0. The Kier molecular flexibility index (Phi) is 13.0. The molecule has 0 unspecified atom stereocenters. The van der Waals surface area contributed by atoms with Gasteiger partial charge in [-0.25, -0.2) is 0 Å². The Morgan fingerprint density at radius 2 is 0.828 bits per heavy atom. The predicted octanol–water partition coefficient (Wildman–Crippen LogP) is 21.4. The van der Waals surface area contributed by atoms with Crippen LogP contribution in [0.5, 0.6) is 0 Å². The summed E-state index contributed by atoms with van der Waals surface area (Å²) in [6.45, 7) is 53.2. The largest absolute Gasteiger partial charge is 0.311 e. The third-order valence-corrected chi connectivity index (χ3v) is 21.9.